The topological polar surface area (TPSA) is 63.7 Å². The molecular formula is C22H21NO4S. The van der Waals surface area contributed by atoms with E-state index in [1.165, 1.54) is 12.1 Å². The highest BCUT2D eigenvalue weighted by molar-refractivity contribution is 7.89. The minimum Gasteiger partial charge on any atom is -0.497 e. The molecule has 3 aromatic rings. The summed E-state index contributed by atoms with van der Waals surface area (Å²) in [5.41, 5.74) is 1.93. The number of rotatable bonds is 6. The van der Waals surface area contributed by atoms with Crippen LogP contribution in [-0.4, -0.2) is 25.7 Å². The Bertz CT molecular complexity index is 1040. The zero-order chi connectivity index (χ0) is 20.1. The second-order valence-electron chi connectivity index (χ2n) is 6.34. The molecule has 0 bridgehead atoms. The number of hydrogen-bond acceptors (Lipinski definition) is 4. The first-order valence-electron chi connectivity index (χ1n) is 8.73. The van der Waals surface area contributed by atoms with Crippen molar-refractivity contribution in [2.75, 3.05) is 7.11 Å². The van der Waals surface area contributed by atoms with Gasteiger partial charge >= 0.3 is 0 Å². The van der Waals surface area contributed by atoms with E-state index in [4.69, 9.17) is 4.74 Å². The lowest BCUT2D eigenvalue weighted by atomic mass is 10.2. The first kappa shape index (κ1) is 19.6. The molecule has 0 unspecified atom stereocenters. The molecule has 0 atom stereocenters. The molecule has 0 spiro atoms. The van der Waals surface area contributed by atoms with E-state index in [-0.39, 0.29) is 11.4 Å². The van der Waals surface area contributed by atoms with Gasteiger partial charge in [0.15, 0.2) is 0 Å². The number of amides is 1. The van der Waals surface area contributed by atoms with Gasteiger partial charge in [0.25, 0.3) is 15.9 Å². The van der Waals surface area contributed by atoms with E-state index < -0.39 is 15.9 Å². The standard InChI is InChI=1S/C22H21NO4S/c1-17-8-14-21(15-9-17)28(25,26)23(22(24)19-6-4-3-5-7-19)16-18-10-12-20(27-2)13-11-18/h3-15H,16H2,1-2H3. The molecule has 0 heterocycles. The number of carbonyl (C=O) groups is 1. The van der Waals surface area contributed by atoms with E-state index in [0.717, 1.165) is 9.87 Å². The molecule has 1 amide bonds. The van der Waals surface area contributed by atoms with Gasteiger partial charge in [0.1, 0.15) is 5.75 Å². The van der Waals surface area contributed by atoms with Crippen molar-refractivity contribution in [1.82, 2.24) is 4.31 Å². The van der Waals surface area contributed by atoms with Gasteiger partial charge in [-0.2, -0.15) is 0 Å². The zero-order valence-electron chi connectivity index (χ0n) is 15.7. The largest absolute Gasteiger partial charge is 0.497 e. The summed E-state index contributed by atoms with van der Waals surface area (Å²) in [7, 11) is -2.47. The number of ether oxygens (including phenoxy) is 1. The fourth-order valence-corrected chi connectivity index (χ4v) is 4.10. The second-order valence-corrected chi connectivity index (χ2v) is 8.21. The summed E-state index contributed by atoms with van der Waals surface area (Å²) >= 11 is 0. The molecule has 28 heavy (non-hydrogen) atoms. The zero-order valence-corrected chi connectivity index (χ0v) is 16.5. The Balaban J connectivity index is 2.02. The van der Waals surface area contributed by atoms with E-state index in [1.807, 2.05) is 6.92 Å². The molecule has 0 fully saturated rings. The molecule has 3 aromatic carbocycles. The Labute approximate surface area is 165 Å². The SMILES string of the molecule is COc1ccc(CN(C(=O)c2ccccc2)S(=O)(=O)c2ccc(C)cc2)cc1. The van der Waals surface area contributed by atoms with Gasteiger partial charge in [0, 0.05) is 5.56 Å². The molecule has 3 rings (SSSR count). The maximum atomic E-state index is 13.3. The molecule has 144 valence electrons. The van der Waals surface area contributed by atoms with Crippen LogP contribution in [0.1, 0.15) is 21.5 Å². The van der Waals surface area contributed by atoms with Gasteiger partial charge in [-0.25, -0.2) is 12.7 Å². The molecule has 6 heteroatoms. The maximum Gasteiger partial charge on any atom is 0.267 e. The Morgan fingerprint density at radius 2 is 1.50 bits per heavy atom. The molecule has 0 aliphatic heterocycles. The Hall–Kier alpha value is -3.12. The van der Waals surface area contributed by atoms with Crippen LogP contribution in [0.2, 0.25) is 0 Å². The van der Waals surface area contributed by atoms with E-state index in [0.29, 0.717) is 16.9 Å². The molecule has 0 radical (unpaired) electrons. The molecule has 5 nitrogen and oxygen atoms in total. The average molecular weight is 395 g/mol. The van der Waals surface area contributed by atoms with Gasteiger partial charge < -0.3 is 4.74 Å². The highest BCUT2D eigenvalue weighted by Crippen LogP contribution is 2.22. The normalized spacial score (nSPS) is 11.1. The third kappa shape index (κ3) is 4.23. The van der Waals surface area contributed by atoms with Crippen LogP contribution in [0.5, 0.6) is 5.75 Å². The number of benzene rings is 3. The van der Waals surface area contributed by atoms with Crippen molar-refractivity contribution < 1.29 is 17.9 Å². The van der Waals surface area contributed by atoms with E-state index in [2.05, 4.69) is 0 Å². The highest BCUT2D eigenvalue weighted by Gasteiger charge is 2.30. The van der Waals surface area contributed by atoms with Crippen LogP contribution >= 0.6 is 0 Å². The van der Waals surface area contributed by atoms with E-state index in [1.54, 1.807) is 73.8 Å². The monoisotopic (exact) mass is 395 g/mol. The predicted octanol–water partition coefficient (Wildman–Crippen LogP) is 4.03. The van der Waals surface area contributed by atoms with Gasteiger partial charge in [-0.3, -0.25) is 4.79 Å². The summed E-state index contributed by atoms with van der Waals surface area (Å²) < 4.78 is 32.6. The highest BCUT2D eigenvalue weighted by atomic mass is 32.2. The second kappa shape index (κ2) is 8.27. The van der Waals surface area contributed by atoms with Crippen molar-refractivity contribution in [1.29, 1.82) is 0 Å². The molecular weight excluding hydrogens is 374 g/mol. The van der Waals surface area contributed by atoms with Crippen LogP contribution in [0.4, 0.5) is 0 Å². The number of nitrogens with zero attached hydrogens (tertiary/aromatic N) is 1. The van der Waals surface area contributed by atoms with Crippen molar-refractivity contribution in [3.63, 3.8) is 0 Å². The average Bonchev–Trinajstić information content (AvgIpc) is 2.73. The molecule has 0 saturated carbocycles. The number of hydrogen-bond donors (Lipinski definition) is 0. The summed E-state index contributed by atoms with van der Waals surface area (Å²) in [6.07, 6.45) is 0. The predicted molar refractivity (Wildman–Crippen MR) is 108 cm³/mol. The van der Waals surface area contributed by atoms with Crippen molar-refractivity contribution in [2.45, 2.75) is 18.4 Å². The Kier molecular flexibility index (Phi) is 5.80. The van der Waals surface area contributed by atoms with Gasteiger partial charge in [-0.1, -0.05) is 48.0 Å². The minimum atomic E-state index is -4.03. The first-order valence-corrected chi connectivity index (χ1v) is 10.2. The Morgan fingerprint density at radius 3 is 2.07 bits per heavy atom. The number of sulfonamides is 1. The van der Waals surface area contributed by atoms with Crippen molar-refractivity contribution in [2.24, 2.45) is 0 Å². The number of carbonyl (C=O) groups excluding carboxylic acids is 1. The summed E-state index contributed by atoms with van der Waals surface area (Å²) in [6, 6.07) is 21.8. The van der Waals surface area contributed by atoms with Crippen LogP contribution in [0.3, 0.4) is 0 Å². The summed E-state index contributed by atoms with van der Waals surface area (Å²) in [6.45, 7) is 1.80. The van der Waals surface area contributed by atoms with Gasteiger partial charge in [-0.05, 0) is 48.9 Å². The third-order valence-electron chi connectivity index (χ3n) is 4.34. The molecule has 0 aliphatic carbocycles. The molecule has 0 aromatic heterocycles. The van der Waals surface area contributed by atoms with Crippen LogP contribution in [-0.2, 0) is 16.6 Å². The molecule has 0 aliphatic rings. The van der Waals surface area contributed by atoms with Crippen LogP contribution in [0.15, 0.2) is 83.8 Å². The van der Waals surface area contributed by atoms with Gasteiger partial charge in [-0.15, -0.1) is 0 Å². The van der Waals surface area contributed by atoms with Crippen molar-refractivity contribution in [3.8, 4) is 5.75 Å². The third-order valence-corrected chi connectivity index (χ3v) is 6.08. The smallest absolute Gasteiger partial charge is 0.267 e. The number of aryl methyl sites for hydroxylation is 1. The Morgan fingerprint density at radius 1 is 0.893 bits per heavy atom. The lowest BCUT2D eigenvalue weighted by Gasteiger charge is -2.23. The summed E-state index contributed by atoms with van der Waals surface area (Å²) in [4.78, 5) is 13.2. The van der Waals surface area contributed by atoms with Gasteiger partial charge in [0.2, 0.25) is 0 Å². The van der Waals surface area contributed by atoms with Gasteiger partial charge in [0.05, 0.1) is 18.6 Å². The summed E-state index contributed by atoms with van der Waals surface area (Å²) in [5.74, 6) is 0.0862. The van der Waals surface area contributed by atoms with Crippen LogP contribution in [0, 0.1) is 6.92 Å². The first-order chi connectivity index (χ1) is 13.4. The quantitative estimate of drug-likeness (QED) is 0.632. The maximum absolute atomic E-state index is 13.3. The minimum absolute atomic E-state index is 0.0755. The molecule has 0 saturated heterocycles. The van der Waals surface area contributed by atoms with Crippen LogP contribution < -0.4 is 4.74 Å². The lowest BCUT2D eigenvalue weighted by molar-refractivity contribution is 0.0855. The van der Waals surface area contributed by atoms with Crippen LogP contribution in [0.25, 0.3) is 0 Å². The number of methoxy groups -OCH3 is 1. The molecule has 0 N–H and O–H groups in total. The van der Waals surface area contributed by atoms with E-state index in [9.17, 15) is 13.2 Å². The fourth-order valence-electron chi connectivity index (χ4n) is 2.72. The van der Waals surface area contributed by atoms with Crippen molar-refractivity contribution in [3.05, 3.63) is 95.6 Å². The lowest BCUT2D eigenvalue weighted by Crippen LogP contribution is -2.36. The van der Waals surface area contributed by atoms with E-state index >= 15 is 0 Å². The summed E-state index contributed by atoms with van der Waals surface area (Å²) in [5, 5.41) is 0. The fraction of sp³-hybridized carbons (Fsp3) is 0.136. The van der Waals surface area contributed by atoms with Crippen molar-refractivity contribution >= 4 is 15.9 Å².